The van der Waals surface area contributed by atoms with Gasteiger partial charge in [-0.2, -0.15) is 5.26 Å². The molecule has 0 aromatic heterocycles. The lowest BCUT2D eigenvalue weighted by Gasteiger charge is -2.37. The van der Waals surface area contributed by atoms with Crippen LogP contribution in [-0.2, 0) is 13.9 Å². The number of fused-ring (bicyclic) bond motifs is 1. The molecule has 2 N–H and O–H groups in total. The van der Waals surface area contributed by atoms with E-state index in [1.165, 1.54) is 0 Å². The Morgan fingerprint density at radius 3 is 2.42 bits per heavy atom. The van der Waals surface area contributed by atoms with Crippen molar-refractivity contribution < 1.29 is 19.0 Å². The molecule has 6 nitrogen and oxygen atoms in total. The fourth-order valence-electron chi connectivity index (χ4n) is 2.91. The molecule has 0 saturated carbocycles. The Hall–Kier alpha value is -0.913. The number of ether oxygens (including phenoxy) is 2. The highest BCUT2D eigenvalue weighted by Gasteiger charge is 2.55. The van der Waals surface area contributed by atoms with Crippen molar-refractivity contribution in [1.82, 2.24) is 5.32 Å². The summed E-state index contributed by atoms with van der Waals surface area (Å²) < 4.78 is 18.3. The smallest absolute Gasteiger partial charge is 0.192 e. The first kappa shape index (κ1) is 19.4. The van der Waals surface area contributed by atoms with Crippen molar-refractivity contribution in [2.24, 2.45) is 0 Å². The Bertz CT molecular complexity index is 548. The third-order valence-electron chi connectivity index (χ3n) is 5.32. The Balaban J connectivity index is 2.15. The fraction of sp³-hybridized carbons (Fsp3) is 0.824. The third kappa shape index (κ3) is 3.68. The van der Waals surface area contributed by atoms with E-state index in [1.54, 1.807) is 0 Å². The second-order valence-corrected chi connectivity index (χ2v) is 13.4. The van der Waals surface area contributed by atoms with Gasteiger partial charge >= 0.3 is 0 Å². The van der Waals surface area contributed by atoms with Crippen LogP contribution in [0.4, 0.5) is 0 Å². The van der Waals surface area contributed by atoms with Crippen LogP contribution in [0.1, 0.15) is 34.6 Å². The Kier molecular flexibility index (Phi) is 5.20. The van der Waals surface area contributed by atoms with Crippen molar-refractivity contribution in [2.75, 3.05) is 6.61 Å². The molecule has 0 aromatic carbocycles. The largest absolute Gasteiger partial charge is 0.514 e. The van der Waals surface area contributed by atoms with E-state index in [0.717, 1.165) is 6.26 Å². The molecule has 0 spiro atoms. The van der Waals surface area contributed by atoms with Gasteiger partial charge in [-0.25, -0.2) is 0 Å². The molecule has 0 radical (unpaired) electrons. The molecule has 2 aliphatic rings. The lowest BCUT2D eigenvalue weighted by atomic mass is 10.0. The van der Waals surface area contributed by atoms with Gasteiger partial charge in [-0.1, -0.05) is 20.8 Å². The van der Waals surface area contributed by atoms with Crippen LogP contribution in [0.25, 0.3) is 0 Å². The summed E-state index contributed by atoms with van der Waals surface area (Å²) in [6.07, 6.45) is 0.324. The molecule has 2 saturated heterocycles. The summed E-state index contributed by atoms with van der Waals surface area (Å²) in [4.78, 5) is 0. The van der Waals surface area contributed by atoms with Crippen LogP contribution in [0.15, 0.2) is 11.8 Å². The molecule has 2 aliphatic heterocycles. The number of hydrogen-bond donors (Lipinski definition) is 2. The zero-order valence-corrected chi connectivity index (χ0v) is 16.7. The van der Waals surface area contributed by atoms with E-state index >= 15 is 0 Å². The van der Waals surface area contributed by atoms with Gasteiger partial charge in [-0.15, -0.1) is 0 Å². The highest BCUT2D eigenvalue weighted by atomic mass is 28.4. The van der Waals surface area contributed by atoms with Crippen LogP contribution in [0.5, 0.6) is 0 Å². The summed E-state index contributed by atoms with van der Waals surface area (Å²) in [5.41, 5.74) is 0.251. The van der Waals surface area contributed by atoms with Crippen molar-refractivity contribution >= 4 is 8.32 Å². The Labute approximate surface area is 145 Å². The summed E-state index contributed by atoms with van der Waals surface area (Å²) in [6.45, 7) is 15.3. The lowest BCUT2D eigenvalue weighted by Crippen LogP contribution is -2.47. The maximum atomic E-state index is 9.34. The number of nitriles is 1. The van der Waals surface area contributed by atoms with E-state index in [4.69, 9.17) is 13.9 Å². The van der Waals surface area contributed by atoms with Gasteiger partial charge in [0.15, 0.2) is 14.1 Å². The Morgan fingerprint density at radius 1 is 1.33 bits per heavy atom. The number of nitrogens with zero attached hydrogens (tertiary/aromatic N) is 1. The van der Waals surface area contributed by atoms with Crippen LogP contribution in [0.3, 0.4) is 0 Å². The number of rotatable bonds is 4. The zero-order chi connectivity index (χ0) is 18.3. The standard InChI is InChI=1S/C17H30N2O4Si/c1-16(2,3)24(6,7)21-10-12-14-15(23-17(4,5)22-14)13(19-12)11(8-18)9-20/h9,12-15,19-20H,10H2,1-7H3/b11-9+/t12-,13+,14-,15+/m1/s1. The summed E-state index contributed by atoms with van der Waals surface area (Å²) >= 11 is 0. The van der Waals surface area contributed by atoms with Crippen LogP contribution in [0, 0.1) is 11.3 Å². The van der Waals surface area contributed by atoms with Crippen LogP contribution in [-0.4, -0.2) is 50.1 Å². The summed E-state index contributed by atoms with van der Waals surface area (Å²) in [5.74, 6) is -0.707. The zero-order valence-electron chi connectivity index (χ0n) is 15.7. The van der Waals surface area contributed by atoms with E-state index in [0.29, 0.717) is 6.61 Å². The van der Waals surface area contributed by atoms with Gasteiger partial charge in [0, 0.05) is 0 Å². The van der Waals surface area contributed by atoms with Crippen molar-refractivity contribution in [3.8, 4) is 6.07 Å². The minimum atomic E-state index is -1.88. The SMILES string of the molecule is CC1(C)O[C@@H]2[C@H](O1)[C@@H](CO[Si](C)(C)C(C)(C)C)N[C@H]2/C(C#N)=C/O. The quantitative estimate of drug-likeness (QED) is 0.459. The Morgan fingerprint density at radius 2 is 1.92 bits per heavy atom. The van der Waals surface area contributed by atoms with Gasteiger partial charge in [0.2, 0.25) is 0 Å². The average molecular weight is 355 g/mol. The first-order valence-corrected chi connectivity index (χ1v) is 11.3. The summed E-state index contributed by atoms with van der Waals surface area (Å²) in [7, 11) is -1.88. The van der Waals surface area contributed by atoms with Gasteiger partial charge < -0.3 is 19.0 Å². The van der Waals surface area contributed by atoms with E-state index in [-0.39, 0.29) is 34.9 Å². The van der Waals surface area contributed by atoms with E-state index in [2.05, 4.69) is 39.2 Å². The third-order valence-corrected chi connectivity index (χ3v) is 9.82. The molecule has 136 valence electrons. The summed E-state index contributed by atoms with van der Waals surface area (Å²) in [6, 6.07) is 1.56. The topological polar surface area (TPSA) is 83.7 Å². The minimum absolute atomic E-state index is 0.0841. The monoisotopic (exact) mass is 354 g/mol. The molecule has 0 aromatic rings. The van der Waals surface area contributed by atoms with E-state index in [9.17, 15) is 10.4 Å². The molecule has 0 amide bonds. The van der Waals surface area contributed by atoms with Crippen molar-refractivity contribution in [3.63, 3.8) is 0 Å². The maximum absolute atomic E-state index is 9.34. The highest BCUT2D eigenvalue weighted by molar-refractivity contribution is 6.74. The van der Waals surface area contributed by atoms with E-state index < -0.39 is 14.1 Å². The molecular weight excluding hydrogens is 324 g/mol. The van der Waals surface area contributed by atoms with E-state index in [1.807, 2.05) is 19.9 Å². The van der Waals surface area contributed by atoms with Crippen LogP contribution >= 0.6 is 0 Å². The van der Waals surface area contributed by atoms with Gasteiger partial charge in [0.25, 0.3) is 0 Å². The fourth-order valence-corrected chi connectivity index (χ4v) is 3.94. The second kappa shape index (κ2) is 6.43. The van der Waals surface area contributed by atoms with Gasteiger partial charge in [0.05, 0.1) is 36.6 Å². The molecule has 0 aliphatic carbocycles. The lowest BCUT2D eigenvalue weighted by molar-refractivity contribution is -0.156. The molecule has 7 heteroatoms. The molecule has 0 unspecified atom stereocenters. The van der Waals surface area contributed by atoms with Gasteiger partial charge in [0.1, 0.15) is 12.2 Å². The minimum Gasteiger partial charge on any atom is -0.514 e. The number of nitrogens with one attached hydrogen (secondary N) is 1. The maximum Gasteiger partial charge on any atom is 0.192 e. The number of aliphatic hydroxyl groups excluding tert-OH is 1. The molecular formula is C17H30N2O4Si. The first-order chi connectivity index (χ1) is 10.9. The molecule has 24 heavy (non-hydrogen) atoms. The average Bonchev–Trinajstić information content (AvgIpc) is 2.91. The van der Waals surface area contributed by atoms with Gasteiger partial charge in [-0.3, -0.25) is 5.32 Å². The normalized spacial score (nSPS) is 33.3. The number of aliphatic hydroxyl groups is 1. The van der Waals surface area contributed by atoms with Crippen molar-refractivity contribution in [1.29, 1.82) is 5.26 Å². The van der Waals surface area contributed by atoms with Gasteiger partial charge in [-0.05, 0) is 32.0 Å². The first-order valence-electron chi connectivity index (χ1n) is 8.42. The van der Waals surface area contributed by atoms with Crippen LogP contribution < -0.4 is 5.32 Å². The predicted molar refractivity (Wildman–Crippen MR) is 94.0 cm³/mol. The molecule has 2 heterocycles. The summed E-state index contributed by atoms with van der Waals surface area (Å²) in [5, 5.41) is 22.1. The predicted octanol–water partition coefficient (Wildman–Crippen LogP) is 2.83. The molecule has 0 bridgehead atoms. The van der Waals surface area contributed by atoms with Crippen molar-refractivity contribution in [2.45, 2.75) is 82.8 Å². The second-order valence-electron chi connectivity index (χ2n) is 8.58. The number of hydrogen-bond acceptors (Lipinski definition) is 6. The van der Waals surface area contributed by atoms with Crippen LogP contribution in [0.2, 0.25) is 18.1 Å². The molecule has 2 rings (SSSR count). The highest BCUT2D eigenvalue weighted by Crippen LogP contribution is 2.40. The molecule has 4 atom stereocenters. The molecule has 2 fully saturated rings. The van der Waals surface area contributed by atoms with Crippen molar-refractivity contribution in [3.05, 3.63) is 11.8 Å².